The third-order valence-corrected chi connectivity index (χ3v) is 4.32. The lowest BCUT2D eigenvalue weighted by molar-refractivity contribution is 0.872. The topological polar surface area (TPSA) is 75.9 Å². The van der Waals surface area contributed by atoms with Crippen LogP contribution in [0.2, 0.25) is 0 Å². The molecule has 0 spiro atoms. The van der Waals surface area contributed by atoms with E-state index < -0.39 is 0 Å². The van der Waals surface area contributed by atoms with E-state index in [0.717, 1.165) is 5.82 Å². The van der Waals surface area contributed by atoms with Crippen LogP contribution in [0.5, 0.6) is 0 Å². The van der Waals surface area contributed by atoms with E-state index in [0.29, 0.717) is 11.0 Å². The maximum atomic E-state index is 5.41. The predicted molar refractivity (Wildman–Crippen MR) is 82.7 cm³/mol. The second kappa shape index (κ2) is 6.23. The van der Waals surface area contributed by atoms with Gasteiger partial charge in [-0.3, -0.25) is 0 Å². The first-order chi connectivity index (χ1) is 9.12. The fourth-order valence-electron chi connectivity index (χ4n) is 1.64. The highest BCUT2D eigenvalue weighted by Crippen LogP contribution is 2.26. The maximum Gasteiger partial charge on any atom is 0.191 e. The van der Waals surface area contributed by atoms with Crippen LogP contribution in [0, 0.1) is 6.92 Å². The molecule has 0 radical (unpaired) electrons. The van der Waals surface area contributed by atoms with Crippen molar-refractivity contribution in [1.29, 1.82) is 0 Å². The highest BCUT2D eigenvalue weighted by molar-refractivity contribution is 7.98. The van der Waals surface area contributed by atoms with E-state index in [4.69, 9.17) is 5.84 Å². The summed E-state index contributed by atoms with van der Waals surface area (Å²) in [5.74, 6) is 6.79. The molecule has 1 unspecified atom stereocenters. The smallest absolute Gasteiger partial charge is 0.191 e. The number of nitrogens with one attached hydrogen (secondary N) is 2. The predicted octanol–water partition coefficient (Wildman–Crippen LogP) is 3.03. The molecule has 0 aliphatic rings. The van der Waals surface area contributed by atoms with Gasteiger partial charge in [0.1, 0.15) is 11.6 Å². The zero-order valence-electron chi connectivity index (χ0n) is 11.1. The molecule has 0 saturated carbocycles. The van der Waals surface area contributed by atoms with E-state index in [1.807, 2.05) is 6.26 Å². The Hall–Kier alpha value is -1.31. The molecule has 0 aromatic carbocycles. The lowest BCUT2D eigenvalue weighted by atomic mass is 10.2. The quantitative estimate of drug-likeness (QED) is 0.341. The Bertz CT molecular complexity index is 533. The van der Waals surface area contributed by atoms with Crippen LogP contribution in [0.25, 0.3) is 0 Å². The molecule has 0 saturated heterocycles. The summed E-state index contributed by atoms with van der Waals surface area (Å²) in [6.45, 7) is 4.22. The van der Waals surface area contributed by atoms with Gasteiger partial charge in [0.05, 0.1) is 6.04 Å². The molecule has 5 nitrogen and oxygen atoms in total. The molecule has 2 rings (SSSR count). The number of hydrazine groups is 1. The van der Waals surface area contributed by atoms with Crippen molar-refractivity contribution < 1.29 is 0 Å². The zero-order valence-corrected chi connectivity index (χ0v) is 12.7. The summed E-state index contributed by atoms with van der Waals surface area (Å²) >= 11 is 3.27. The summed E-state index contributed by atoms with van der Waals surface area (Å²) in [4.78, 5) is 11.2. The van der Waals surface area contributed by atoms with E-state index >= 15 is 0 Å². The number of nitrogens with two attached hydrogens (primary N) is 1. The number of nitrogens with zero attached hydrogens (tertiary/aromatic N) is 2. The number of nitrogen functional groups attached to an aromatic ring is 1. The molecule has 0 bridgehead atoms. The second-order valence-electron chi connectivity index (χ2n) is 4.08. The third-order valence-electron chi connectivity index (χ3n) is 2.59. The van der Waals surface area contributed by atoms with Crippen molar-refractivity contribution in [3.63, 3.8) is 0 Å². The number of aromatic nitrogens is 2. The first-order valence-electron chi connectivity index (χ1n) is 5.85. The summed E-state index contributed by atoms with van der Waals surface area (Å²) in [5.41, 5.74) is 2.56. The molecule has 0 aliphatic carbocycles. The van der Waals surface area contributed by atoms with Gasteiger partial charge in [0, 0.05) is 15.8 Å². The summed E-state index contributed by atoms with van der Waals surface area (Å²) in [6, 6.07) is 6.26. The summed E-state index contributed by atoms with van der Waals surface area (Å²) in [5, 5.41) is 4.06. The lowest BCUT2D eigenvalue weighted by Gasteiger charge is -2.14. The Morgan fingerprint density at radius 3 is 2.63 bits per heavy atom. The van der Waals surface area contributed by atoms with Crippen LogP contribution in [-0.2, 0) is 0 Å². The van der Waals surface area contributed by atoms with Gasteiger partial charge in [-0.05, 0) is 32.2 Å². The SMILES string of the molecule is CSc1nc(NN)cc(NC(C)c2ccc(C)s2)n1. The van der Waals surface area contributed by atoms with Gasteiger partial charge in [-0.2, -0.15) is 0 Å². The van der Waals surface area contributed by atoms with Gasteiger partial charge in [-0.25, -0.2) is 15.8 Å². The van der Waals surface area contributed by atoms with Crippen molar-refractivity contribution in [2.24, 2.45) is 5.84 Å². The standard InChI is InChI=1S/C12H17N5S2/c1-7-4-5-9(19-7)8(2)14-10-6-11(17-13)16-12(15-10)18-3/h4-6,8H,13H2,1-3H3,(H2,14,15,16,17). The minimum atomic E-state index is 0.203. The number of hydrogen-bond donors (Lipinski definition) is 3. The second-order valence-corrected chi connectivity index (χ2v) is 6.18. The van der Waals surface area contributed by atoms with Crippen LogP contribution in [0.1, 0.15) is 22.7 Å². The van der Waals surface area contributed by atoms with Crippen LogP contribution < -0.4 is 16.6 Å². The minimum absolute atomic E-state index is 0.203. The summed E-state index contributed by atoms with van der Waals surface area (Å²) in [7, 11) is 0. The average molecular weight is 295 g/mol. The highest BCUT2D eigenvalue weighted by atomic mass is 32.2. The number of thioether (sulfide) groups is 1. The first kappa shape index (κ1) is 14.1. The van der Waals surface area contributed by atoms with Crippen molar-refractivity contribution in [3.8, 4) is 0 Å². The van der Waals surface area contributed by atoms with Gasteiger partial charge >= 0.3 is 0 Å². The minimum Gasteiger partial charge on any atom is -0.363 e. The average Bonchev–Trinajstić information content (AvgIpc) is 2.85. The van der Waals surface area contributed by atoms with Crippen molar-refractivity contribution in [2.45, 2.75) is 25.0 Å². The molecular formula is C12H17N5S2. The molecule has 0 fully saturated rings. The van der Waals surface area contributed by atoms with Gasteiger partial charge in [-0.1, -0.05) is 11.8 Å². The van der Waals surface area contributed by atoms with Crippen molar-refractivity contribution >= 4 is 34.7 Å². The van der Waals surface area contributed by atoms with Crippen molar-refractivity contribution in [2.75, 3.05) is 17.0 Å². The van der Waals surface area contributed by atoms with Crippen LogP contribution in [0.4, 0.5) is 11.6 Å². The van der Waals surface area contributed by atoms with Crippen molar-refractivity contribution in [3.05, 3.63) is 28.0 Å². The van der Waals surface area contributed by atoms with Gasteiger partial charge in [0.2, 0.25) is 0 Å². The van der Waals surface area contributed by atoms with Crippen LogP contribution in [0.3, 0.4) is 0 Å². The molecule has 7 heteroatoms. The van der Waals surface area contributed by atoms with E-state index in [-0.39, 0.29) is 6.04 Å². The largest absolute Gasteiger partial charge is 0.363 e. The fourth-order valence-corrected chi connectivity index (χ4v) is 2.90. The Balaban J connectivity index is 2.18. The Morgan fingerprint density at radius 2 is 2.05 bits per heavy atom. The van der Waals surface area contributed by atoms with Crippen LogP contribution in [0.15, 0.2) is 23.4 Å². The van der Waals surface area contributed by atoms with E-state index in [9.17, 15) is 0 Å². The normalized spacial score (nSPS) is 12.2. The van der Waals surface area contributed by atoms with Gasteiger partial charge in [0.15, 0.2) is 5.16 Å². The Morgan fingerprint density at radius 1 is 1.32 bits per heavy atom. The van der Waals surface area contributed by atoms with Gasteiger partial charge < -0.3 is 10.7 Å². The number of rotatable bonds is 5. The molecule has 1 atom stereocenters. The molecule has 0 amide bonds. The van der Waals surface area contributed by atoms with Gasteiger partial charge in [-0.15, -0.1) is 11.3 Å². The van der Waals surface area contributed by atoms with E-state index in [1.54, 1.807) is 17.4 Å². The molecule has 0 aliphatic heterocycles. The molecular weight excluding hydrogens is 278 g/mol. The summed E-state index contributed by atoms with van der Waals surface area (Å²) in [6.07, 6.45) is 1.94. The third kappa shape index (κ3) is 3.59. The monoisotopic (exact) mass is 295 g/mol. The molecule has 102 valence electrons. The number of hydrogen-bond acceptors (Lipinski definition) is 7. The zero-order chi connectivity index (χ0) is 13.8. The molecule has 2 heterocycles. The molecule has 2 aromatic rings. The molecule has 4 N–H and O–H groups in total. The van der Waals surface area contributed by atoms with Crippen LogP contribution in [-0.4, -0.2) is 16.2 Å². The van der Waals surface area contributed by atoms with E-state index in [1.165, 1.54) is 21.5 Å². The number of thiophene rings is 1. The highest BCUT2D eigenvalue weighted by Gasteiger charge is 2.10. The lowest BCUT2D eigenvalue weighted by Crippen LogP contribution is -2.12. The van der Waals surface area contributed by atoms with Crippen LogP contribution >= 0.6 is 23.1 Å². The fraction of sp³-hybridized carbons (Fsp3) is 0.333. The first-order valence-corrected chi connectivity index (χ1v) is 7.89. The Kier molecular flexibility index (Phi) is 4.62. The van der Waals surface area contributed by atoms with Gasteiger partial charge in [0.25, 0.3) is 0 Å². The number of anilines is 2. The van der Waals surface area contributed by atoms with E-state index in [2.05, 4.69) is 46.7 Å². The molecule has 19 heavy (non-hydrogen) atoms. The maximum absolute atomic E-state index is 5.41. The van der Waals surface area contributed by atoms with Crippen molar-refractivity contribution in [1.82, 2.24) is 9.97 Å². The number of aryl methyl sites for hydroxylation is 1. The Labute approximate surface area is 121 Å². The summed E-state index contributed by atoms with van der Waals surface area (Å²) < 4.78 is 0. The molecule has 2 aromatic heterocycles.